The third kappa shape index (κ3) is 12.2. The summed E-state index contributed by atoms with van der Waals surface area (Å²) in [6.45, 7) is -1.89. The Hall–Kier alpha value is -3.35. The fourth-order valence-electron chi connectivity index (χ4n) is 1.36. The molecule has 0 atom stereocenters. The molecule has 0 unspecified atom stereocenters. The van der Waals surface area contributed by atoms with Crippen molar-refractivity contribution < 1.29 is 51.6 Å². The van der Waals surface area contributed by atoms with Gasteiger partial charge in [-0.1, -0.05) is 7.43 Å². The van der Waals surface area contributed by atoms with Crippen molar-refractivity contribution in [2.45, 2.75) is 20.3 Å². The second-order valence-electron chi connectivity index (χ2n) is 4.58. The zero-order valence-corrected chi connectivity index (χ0v) is 14.4. The third-order valence-corrected chi connectivity index (χ3v) is 2.48. The van der Waals surface area contributed by atoms with Crippen molar-refractivity contribution in [2.24, 2.45) is 0 Å². The second-order valence-corrected chi connectivity index (χ2v) is 4.58. The Kier molecular flexibility index (Phi) is 15.0. The number of ether oxygens (including phenoxy) is 1. The van der Waals surface area contributed by atoms with E-state index < -0.39 is 49.5 Å². The highest BCUT2D eigenvalue weighted by Crippen LogP contribution is 2.14. The van der Waals surface area contributed by atoms with E-state index in [1.807, 2.05) is 0 Å². The fraction of sp³-hybridized carbons (Fsp3) is 0.294. The van der Waals surface area contributed by atoms with Gasteiger partial charge < -0.3 is 20.1 Å². The Labute approximate surface area is 167 Å². The minimum absolute atomic E-state index is 0. The van der Waals surface area contributed by atoms with Crippen molar-refractivity contribution in [1.82, 2.24) is 9.97 Å². The summed E-state index contributed by atoms with van der Waals surface area (Å²) >= 11 is 0. The predicted octanol–water partition coefficient (Wildman–Crippen LogP) is 3.22. The Bertz CT molecular complexity index is 780. The lowest BCUT2D eigenvalue weighted by Gasteiger charge is -2.06. The van der Waals surface area contributed by atoms with E-state index >= 15 is 0 Å². The van der Waals surface area contributed by atoms with Gasteiger partial charge in [-0.15, -0.1) is 0 Å². The van der Waals surface area contributed by atoms with E-state index in [0.29, 0.717) is 0 Å². The quantitative estimate of drug-likeness (QED) is 0.459. The van der Waals surface area contributed by atoms with E-state index in [4.69, 9.17) is 15.3 Å². The molecule has 168 valence electrons. The van der Waals surface area contributed by atoms with Crippen LogP contribution in [-0.2, 0) is 0 Å². The molecule has 2 heterocycles. The van der Waals surface area contributed by atoms with Crippen LogP contribution in [0.5, 0.6) is 5.88 Å². The lowest BCUT2D eigenvalue weighted by Crippen LogP contribution is -2.11. The zero-order chi connectivity index (χ0) is 22.4. The summed E-state index contributed by atoms with van der Waals surface area (Å²) in [4.78, 5) is 27.4. The molecular formula is C17H19F5N2O6. The first kappa shape index (κ1) is 28.9. The van der Waals surface area contributed by atoms with Gasteiger partial charge in [-0.25, -0.2) is 37.1 Å². The van der Waals surface area contributed by atoms with Gasteiger partial charge in [-0.05, 0) is 24.3 Å². The van der Waals surface area contributed by atoms with Crippen LogP contribution in [0.2, 0.25) is 0 Å². The van der Waals surface area contributed by atoms with Gasteiger partial charge in [0.05, 0.1) is 0 Å². The second kappa shape index (κ2) is 15.6. The van der Waals surface area contributed by atoms with Gasteiger partial charge in [0.25, 0.3) is 12.9 Å². The van der Waals surface area contributed by atoms with Gasteiger partial charge in [0.1, 0.15) is 17.7 Å². The summed E-state index contributed by atoms with van der Waals surface area (Å²) in [5, 5.41) is 24.3. The third-order valence-electron chi connectivity index (χ3n) is 2.48. The lowest BCUT2D eigenvalue weighted by atomic mass is 10.3. The number of rotatable bonds is 6. The predicted molar refractivity (Wildman–Crippen MR) is 93.7 cm³/mol. The standard InChI is InChI=1S/C8H7F2NO3.C6H4FNO2.C2H4F2O.CH4/c9-6(10)4-14-7-5(8(12)13)2-1-3-11-7;7-5-4(6(9)10)2-1-3-8-5;3-2(4)1-5;/h1-3,6H,4H2,(H,12,13);1-3H,(H,9,10);2,5H,1H2;1H4. The number of pyridine rings is 2. The van der Waals surface area contributed by atoms with Crippen LogP contribution >= 0.6 is 0 Å². The van der Waals surface area contributed by atoms with E-state index in [1.54, 1.807) is 0 Å². The molecule has 2 aromatic heterocycles. The number of carboxylic acid groups (broad SMARTS) is 2. The largest absolute Gasteiger partial charge is 0.478 e. The van der Waals surface area contributed by atoms with Crippen molar-refractivity contribution in [1.29, 1.82) is 0 Å². The minimum Gasteiger partial charge on any atom is -0.478 e. The van der Waals surface area contributed by atoms with Crippen LogP contribution in [0.4, 0.5) is 22.0 Å². The molecule has 0 aromatic carbocycles. The first-order chi connectivity index (χ1) is 13.6. The summed E-state index contributed by atoms with van der Waals surface area (Å²) in [6, 6.07) is 5.14. The van der Waals surface area contributed by atoms with E-state index in [0.717, 1.165) is 6.07 Å². The Balaban J connectivity index is 0. The number of alkyl halides is 4. The SMILES string of the molecule is C.O=C(O)c1cccnc1F.O=C(O)c1cccnc1OCC(F)F.OCC(F)F. The molecule has 2 aromatic rings. The molecule has 0 saturated heterocycles. The molecule has 0 amide bonds. The maximum absolute atomic E-state index is 12.3. The number of carboxylic acids is 2. The number of carbonyl (C=O) groups is 2. The summed E-state index contributed by atoms with van der Waals surface area (Å²) in [5.41, 5.74) is -0.629. The highest BCUT2D eigenvalue weighted by Gasteiger charge is 2.13. The van der Waals surface area contributed by atoms with Crippen molar-refractivity contribution in [2.75, 3.05) is 13.2 Å². The zero-order valence-electron chi connectivity index (χ0n) is 14.4. The average Bonchev–Trinajstić information content (AvgIpc) is 2.67. The molecule has 0 aliphatic heterocycles. The summed E-state index contributed by atoms with van der Waals surface area (Å²) in [6.07, 6.45) is -2.75. The van der Waals surface area contributed by atoms with Crippen LogP contribution in [0.1, 0.15) is 28.1 Å². The van der Waals surface area contributed by atoms with Gasteiger partial charge in [0.15, 0.2) is 6.61 Å². The molecule has 3 N–H and O–H groups in total. The summed E-state index contributed by atoms with van der Waals surface area (Å²) in [7, 11) is 0. The van der Waals surface area contributed by atoms with E-state index in [9.17, 15) is 31.5 Å². The average molecular weight is 442 g/mol. The number of nitrogens with zero attached hydrogens (tertiary/aromatic N) is 2. The fourth-order valence-corrected chi connectivity index (χ4v) is 1.36. The highest BCUT2D eigenvalue weighted by molar-refractivity contribution is 5.90. The minimum atomic E-state index is -2.65. The molecule has 0 fully saturated rings. The van der Waals surface area contributed by atoms with Crippen molar-refractivity contribution in [3.63, 3.8) is 0 Å². The summed E-state index contributed by atoms with van der Waals surface area (Å²) < 4.78 is 61.4. The van der Waals surface area contributed by atoms with Crippen LogP contribution in [0.25, 0.3) is 0 Å². The highest BCUT2D eigenvalue weighted by atomic mass is 19.3. The maximum atomic E-state index is 12.3. The normalized spacial score (nSPS) is 9.47. The van der Waals surface area contributed by atoms with Gasteiger partial charge in [-0.3, -0.25) is 0 Å². The molecular weight excluding hydrogens is 423 g/mol. The number of aliphatic hydroxyl groups excluding tert-OH is 1. The van der Waals surface area contributed by atoms with E-state index in [-0.39, 0.29) is 18.9 Å². The molecule has 0 bridgehead atoms. The van der Waals surface area contributed by atoms with E-state index in [2.05, 4.69) is 14.7 Å². The topological polar surface area (TPSA) is 130 Å². The lowest BCUT2D eigenvalue weighted by molar-refractivity contribution is 0.0654. The van der Waals surface area contributed by atoms with Crippen LogP contribution in [0, 0.1) is 5.95 Å². The molecule has 30 heavy (non-hydrogen) atoms. The molecule has 8 nitrogen and oxygen atoms in total. The van der Waals surface area contributed by atoms with Crippen molar-refractivity contribution in [3.8, 4) is 5.88 Å². The molecule has 0 radical (unpaired) electrons. The Morgan fingerprint density at radius 3 is 1.77 bits per heavy atom. The number of hydrogen-bond donors (Lipinski definition) is 3. The number of aromatic carboxylic acids is 2. The Morgan fingerprint density at radius 2 is 1.40 bits per heavy atom. The smallest absolute Gasteiger partial charge is 0.341 e. The molecule has 0 saturated carbocycles. The number of aliphatic hydroxyl groups is 1. The van der Waals surface area contributed by atoms with Gasteiger partial charge in [0.2, 0.25) is 11.8 Å². The first-order valence-electron chi connectivity index (χ1n) is 7.42. The summed E-state index contributed by atoms with van der Waals surface area (Å²) in [5.74, 6) is -3.80. The Morgan fingerprint density at radius 1 is 0.933 bits per heavy atom. The monoisotopic (exact) mass is 442 g/mol. The van der Waals surface area contributed by atoms with E-state index in [1.165, 1.54) is 30.6 Å². The van der Waals surface area contributed by atoms with Crippen LogP contribution in [0.15, 0.2) is 36.7 Å². The van der Waals surface area contributed by atoms with Crippen LogP contribution < -0.4 is 4.74 Å². The molecule has 13 heteroatoms. The van der Waals surface area contributed by atoms with Crippen molar-refractivity contribution >= 4 is 11.9 Å². The molecule has 2 rings (SSSR count). The molecule has 0 aliphatic rings. The number of hydrogen-bond acceptors (Lipinski definition) is 6. The molecule has 0 spiro atoms. The van der Waals surface area contributed by atoms with Gasteiger partial charge >= 0.3 is 11.9 Å². The van der Waals surface area contributed by atoms with Gasteiger partial charge in [-0.2, -0.15) is 4.39 Å². The first-order valence-corrected chi connectivity index (χ1v) is 7.42. The van der Waals surface area contributed by atoms with Crippen molar-refractivity contribution in [3.05, 3.63) is 53.7 Å². The van der Waals surface area contributed by atoms with Crippen LogP contribution in [0.3, 0.4) is 0 Å². The number of aromatic nitrogens is 2. The maximum Gasteiger partial charge on any atom is 0.341 e. The molecule has 0 aliphatic carbocycles. The number of halogens is 5. The van der Waals surface area contributed by atoms with Gasteiger partial charge in [0, 0.05) is 12.4 Å². The van der Waals surface area contributed by atoms with Crippen LogP contribution in [-0.4, -0.2) is 63.3 Å².